The third-order valence-electron chi connectivity index (χ3n) is 6.97. The highest BCUT2D eigenvalue weighted by molar-refractivity contribution is 5.43. The van der Waals surface area contributed by atoms with Gasteiger partial charge in [-0.2, -0.15) is 0 Å². The van der Waals surface area contributed by atoms with Gasteiger partial charge in [0.05, 0.1) is 18.6 Å². The van der Waals surface area contributed by atoms with Crippen LogP contribution in [0.3, 0.4) is 0 Å². The monoisotopic (exact) mass is 416 g/mol. The van der Waals surface area contributed by atoms with Crippen LogP contribution in [0.5, 0.6) is 5.75 Å². The molecule has 0 saturated heterocycles. The first-order chi connectivity index (χ1) is 14.8. The molecule has 0 aliphatic rings. The Labute approximate surface area is 188 Å². The molecule has 2 heteroatoms. The van der Waals surface area contributed by atoms with Crippen LogP contribution in [-0.2, 0) is 6.54 Å². The fraction of sp³-hybridized carbons (Fsp3) is 0.379. The molecule has 3 aromatic carbocycles. The quantitative estimate of drug-likeness (QED) is 0.370. The molecule has 31 heavy (non-hydrogen) atoms. The maximum absolute atomic E-state index is 10.7. The average Bonchev–Trinajstić information content (AvgIpc) is 2.76. The maximum Gasteiger partial charge on any atom is 0.119 e. The zero-order valence-electron chi connectivity index (χ0n) is 19.8. The fourth-order valence-electron chi connectivity index (χ4n) is 4.99. The molecule has 0 spiro atoms. The summed E-state index contributed by atoms with van der Waals surface area (Å²) in [6.07, 6.45) is 0.990. The molecule has 0 heterocycles. The minimum absolute atomic E-state index is 0.173. The number of phenols is 1. The van der Waals surface area contributed by atoms with Crippen LogP contribution in [0.2, 0.25) is 0 Å². The van der Waals surface area contributed by atoms with Crippen molar-refractivity contribution < 1.29 is 9.59 Å². The van der Waals surface area contributed by atoms with Crippen LogP contribution in [0.25, 0.3) is 0 Å². The number of phenolic OH excluding ortho intramolecular Hbond substituents is 1. The van der Waals surface area contributed by atoms with E-state index in [0.717, 1.165) is 29.6 Å². The molecule has 3 aromatic rings. The summed E-state index contributed by atoms with van der Waals surface area (Å²) in [6.45, 7) is 13.6. The standard InChI is InChI=1S/C29H37NO/c1-22(2)30(23(3)4,21-25-12-8-6-9-13-25)19-18-27(26-14-10-7-11-15-26)28-20-24(5)16-17-29(28)31/h6-17,20,22-23,27H,18-19,21H2,1-5H3/p+1/t27-/m1/s1. The number of benzene rings is 3. The van der Waals surface area contributed by atoms with Crippen molar-refractivity contribution in [1.29, 1.82) is 0 Å². The van der Waals surface area contributed by atoms with Crippen molar-refractivity contribution in [3.05, 3.63) is 101 Å². The molecule has 0 unspecified atom stereocenters. The van der Waals surface area contributed by atoms with E-state index in [0.29, 0.717) is 17.8 Å². The van der Waals surface area contributed by atoms with Crippen molar-refractivity contribution in [2.45, 2.75) is 65.6 Å². The lowest BCUT2D eigenvalue weighted by Gasteiger charge is -2.47. The number of hydrogen-bond acceptors (Lipinski definition) is 1. The first-order valence-electron chi connectivity index (χ1n) is 11.6. The van der Waals surface area contributed by atoms with Gasteiger partial charge in [0.15, 0.2) is 0 Å². The molecule has 164 valence electrons. The smallest absolute Gasteiger partial charge is 0.119 e. The van der Waals surface area contributed by atoms with Gasteiger partial charge in [-0.15, -0.1) is 0 Å². The van der Waals surface area contributed by atoms with Gasteiger partial charge < -0.3 is 9.59 Å². The molecule has 0 aliphatic heterocycles. The number of hydrogen-bond donors (Lipinski definition) is 1. The highest BCUT2D eigenvalue weighted by Crippen LogP contribution is 2.37. The summed E-state index contributed by atoms with van der Waals surface area (Å²) >= 11 is 0. The Morgan fingerprint density at radius 2 is 1.35 bits per heavy atom. The number of nitrogens with zero attached hydrogens (tertiary/aromatic N) is 1. The summed E-state index contributed by atoms with van der Waals surface area (Å²) in [5.41, 5.74) is 4.89. The molecule has 0 aliphatic carbocycles. The predicted octanol–water partition coefficient (Wildman–Crippen LogP) is 7.06. The maximum atomic E-state index is 10.7. The second-order valence-electron chi connectivity index (χ2n) is 9.47. The lowest BCUT2D eigenvalue weighted by molar-refractivity contribution is -0.979. The average molecular weight is 417 g/mol. The molecule has 0 amide bonds. The van der Waals surface area contributed by atoms with E-state index < -0.39 is 0 Å². The van der Waals surface area contributed by atoms with E-state index >= 15 is 0 Å². The van der Waals surface area contributed by atoms with E-state index in [4.69, 9.17) is 0 Å². The second kappa shape index (κ2) is 10.2. The summed E-state index contributed by atoms with van der Waals surface area (Å²) in [5.74, 6) is 0.571. The Bertz CT molecular complexity index is 939. The number of aromatic hydroxyl groups is 1. The highest BCUT2D eigenvalue weighted by atomic mass is 16.3. The zero-order chi connectivity index (χ0) is 22.4. The first kappa shape index (κ1) is 23.1. The molecule has 0 aromatic heterocycles. The van der Waals surface area contributed by atoms with Crippen LogP contribution < -0.4 is 0 Å². The fourth-order valence-corrected chi connectivity index (χ4v) is 4.99. The Balaban J connectivity index is 1.98. The van der Waals surface area contributed by atoms with Gasteiger partial charge in [0, 0.05) is 23.5 Å². The normalized spacial score (nSPS) is 13.0. The van der Waals surface area contributed by atoms with Crippen LogP contribution in [0.4, 0.5) is 0 Å². The molecule has 1 N–H and O–H groups in total. The summed E-state index contributed by atoms with van der Waals surface area (Å²) < 4.78 is 1.03. The Hall–Kier alpha value is -2.58. The van der Waals surface area contributed by atoms with Crippen molar-refractivity contribution in [3.8, 4) is 5.75 Å². The van der Waals surface area contributed by atoms with E-state index in [1.807, 2.05) is 12.1 Å². The van der Waals surface area contributed by atoms with Crippen molar-refractivity contribution in [2.24, 2.45) is 0 Å². The van der Waals surface area contributed by atoms with Crippen LogP contribution in [0.15, 0.2) is 78.9 Å². The van der Waals surface area contributed by atoms with Gasteiger partial charge >= 0.3 is 0 Å². The van der Waals surface area contributed by atoms with E-state index in [1.54, 1.807) is 0 Å². The van der Waals surface area contributed by atoms with Crippen LogP contribution in [-0.4, -0.2) is 28.2 Å². The van der Waals surface area contributed by atoms with Crippen molar-refractivity contribution in [3.63, 3.8) is 0 Å². The van der Waals surface area contributed by atoms with E-state index in [2.05, 4.69) is 101 Å². The summed E-state index contributed by atoms with van der Waals surface area (Å²) in [5, 5.41) is 10.7. The molecule has 0 fully saturated rings. The number of quaternary nitrogens is 1. The number of aryl methyl sites for hydroxylation is 1. The molecule has 0 bridgehead atoms. The Morgan fingerprint density at radius 1 is 0.774 bits per heavy atom. The van der Waals surface area contributed by atoms with Gasteiger partial charge in [-0.3, -0.25) is 0 Å². The van der Waals surface area contributed by atoms with Gasteiger partial charge in [-0.05, 0) is 46.2 Å². The SMILES string of the molecule is Cc1ccc(O)c([C@H](CC[N+](Cc2ccccc2)(C(C)C)C(C)C)c2ccccc2)c1. The van der Waals surface area contributed by atoms with Gasteiger partial charge in [0.25, 0.3) is 0 Å². The van der Waals surface area contributed by atoms with Gasteiger partial charge in [0.1, 0.15) is 12.3 Å². The highest BCUT2D eigenvalue weighted by Gasteiger charge is 2.36. The molecular formula is C29H38NO+. The van der Waals surface area contributed by atoms with E-state index in [1.165, 1.54) is 16.7 Å². The van der Waals surface area contributed by atoms with Crippen LogP contribution in [0.1, 0.15) is 62.3 Å². The first-order valence-corrected chi connectivity index (χ1v) is 11.6. The molecular weight excluding hydrogens is 378 g/mol. The Kier molecular flexibility index (Phi) is 7.56. The minimum atomic E-state index is 0.173. The van der Waals surface area contributed by atoms with Crippen molar-refractivity contribution in [1.82, 2.24) is 0 Å². The van der Waals surface area contributed by atoms with Crippen molar-refractivity contribution in [2.75, 3.05) is 6.54 Å². The van der Waals surface area contributed by atoms with Crippen LogP contribution >= 0.6 is 0 Å². The van der Waals surface area contributed by atoms with Crippen LogP contribution in [0, 0.1) is 6.92 Å². The third-order valence-corrected chi connectivity index (χ3v) is 6.97. The third kappa shape index (κ3) is 5.37. The minimum Gasteiger partial charge on any atom is -0.508 e. The lowest BCUT2D eigenvalue weighted by atomic mass is 9.86. The topological polar surface area (TPSA) is 20.2 Å². The van der Waals surface area contributed by atoms with Gasteiger partial charge in [-0.1, -0.05) is 78.4 Å². The molecule has 3 rings (SSSR count). The summed E-state index contributed by atoms with van der Waals surface area (Å²) in [6, 6.07) is 28.5. The van der Waals surface area contributed by atoms with Gasteiger partial charge in [-0.25, -0.2) is 0 Å². The lowest BCUT2D eigenvalue weighted by Crippen LogP contribution is -2.57. The predicted molar refractivity (Wildman–Crippen MR) is 131 cm³/mol. The summed E-state index contributed by atoms with van der Waals surface area (Å²) in [7, 11) is 0. The number of rotatable bonds is 9. The largest absolute Gasteiger partial charge is 0.508 e. The summed E-state index contributed by atoms with van der Waals surface area (Å²) in [4.78, 5) is 0. The molecule has 1 atom stereocenters. The molecule has 0 radical (unpaired) electrons. The van der Waals surface area contributed by atoms with Crippen molar-refractivity contribution >= 4 is 0 Å². The molecule has 2 nitrogen and oxygen atoms in total. The Morgan fingerprint density at radius 3 is 1.94 bits per heavy atom. The zero-order valence-corrected chi connectivity index (χ0v) is 19.8. The second-order valence-corrected chi connectivity index (χ2v) is 9.47. The van der Waals surface area contributed by atoms with E-state index in [-0.39, 0.29) is 5.92 Å². The molecule has 0 saturated carbocycles. The van der Waals surface area contributed by atoms with Gasteiger partial charge in [0.2, 0.25) is 0 Å². The van der Waals surface area contributed by atoms with E-state index in [9.17, 15) is 5.11 Å².